The minimum Gasteiger partial charge on any atom is -0.395 e. The number of nitrogens with one attached hydrogen (secondary N) is 1. The molecule has 88 valence electrons. The van der Waals surface area contributed by atoms with E-state index in [1.165, 1.54) is 0 Å². The first-order valence-electron chi connectivity index (χ1n) is 4.79. The highest BCUT2D eigenvalue weighted by Crippen LogP contribution is 1.74. The molecular weight excluding hydrogens is 184 g/mol. The third kappa shape index (κ3) is 17.8. The van der Waals surface area contributed by atoms with Gasteiger partial charge in [0.1, 0.15) is 0 Å². The molecule has 0 aliphatic carbocycles. The molecule has 0 heterocycles. The Morgan fingerprint density at radius 1 is 1.14 bits per heavy atom. The predicted octanol–water partition coefficient (Wildman–Crippen LogP) is -1.51. The molecule has 0 fully saturated rings. The van der Waals surface area contributed by atoms with Crippen molar-refractivity contribution < 1.29 is 15.3 Å². The average Bonchev–Trinajstić information content (AvgIpc) is 2.15. The number of nitrogens with zero attached hydrogens (tertiary/aromatic N) is 1. The van der Waals surface area contributed by atoms with Crippen LogP contribution in [0.5, 0.6) is 0 Å². The fourth-order valence-corrected chi connectivity index (χ4v) is 0.575. The average molecular weight is 208 g/mol. The topological polar surface area (TPSA) is 76.0 Å². The lowest BCUT2D eigenvalue weighted by molar-refractivity contribution is 0.234. The second kappa shape index (κ2) is 12.8. The maximum absolute atomic E-state index is 8.42. The van der Waals surface area contributed by atoms with E-state index in [-0.39, 0.29) is 25.9 Å². The van der Waals surface area contributed by atoms with Gasteiger partial charge in [0, 0.05) is 19.1 Å². The highest BCUT2D eigenvalue weighted by Gasteiger charge is 1.93. The molecule has 5 nitrogen and oxygen atoms in total. The molecule has 0 saturated heterocycles. The molecule has 0 amide bonds. The van der Waals surface area contributed by atoms with E-state index in [0.29, 0.717) is 6.54 Å². The maximum Gasteiger partial charge on any atom is 0.0581 e. The summed E-state index contributed by atoms with van der Waals surface area (Å²) in [4.78, 5) is 1.93. The first-order chi connectivity index (χ1) is 6.58. The summed E-state index contributed by atoms with van der Waals surface area (Å²) in [6, 6.07) is 0.0992. The van der Waals surface area contributed by atoms with Crippen molar-refractivity contribution in [2.24, 2.45) is 0 Å². The van der Waals surface area contributed by atoms with Crippen molar-refractivity contribution in [1.82, 2.24) is 10.2 Å². The minimum atomic E-state index is 0.0992. The van der Waals surface area contributed by atoms with E-state index in [0.717, 1.165) is 6.54 Å². The van der Waals surface area contributed by atoms with Crippen molar-refractivity contribution in [3.05, 3.63) is 0 Å². The van der Waals surface area contributed by atoms with Crippen LogP contribution in [-0.2, 0) is 0 Å². The minimum absolute atomic E-state index is 0.0992. The molecular formula is C9H24N2O3. The molecule has 0 bridgehead atoms. The van der Waals surface area contributed by atoms with Crippen molar-refractivity contribution in [3.63, 3.8) is 0 Å². The van der Waals surface area contributed by atoms with Crippen LogP contribution in [0.15, 0.2) is 0 Å². The lowest BCUT2D eigenvalue weighted by Crippen LogP contribution is -2.31. The van der Waals surface area contributed by atoms with Gasteiger partial charge in [0.25, 0.3) is 0 Å². The highest BCUT2D eigenvalue weighted by molar-refractivity contribution is 4.55. The van der Waals surface area contributed by atoms with E-state index in [2.05, 4.69) is 5.32 Å². The van der Waals surface area contributed by atoms with Crippen LogP contribution in [0.1, 0.15) is 6.92 Å². The van der Waals surface area contributed by atoms with Crippen molar-refractivity contribution in [2.75, 3.05) is 47.0 Å². The second-order valence-corrected chi connectivity index (χ2v) is 3.29. The Kier molecular flexibility index (Phi) is 14.8. The quantitative estimate of drug-likeness (QED) is 0.427. The van der Waals surface area contributed by atoms with E-state index >= 15 is 0 Å². The molecule has 5 heteroatoms. The van der Waals surface area contributed by atoms with E-state index in [9.17, 15) is 0 Å². The van der Waals surface area contributed by atoms with Crippen LogP contribution in [-0.4, -0.2) is 73.3 Å². The van der Waals surface area contributed by atoms with E-state index in [1.807, 2.05) is 25.9 Å². The zero-order valence-corrected chi connectivity index (χ0v) is 9.40. The van der Waals surface area contributed by atoms with Gasteiger partial charge in [0.15, 0.2) is 0 Å². The summed E-state index contributed by atoms with van der Waals surface area (Å²) in [7, 11) is 3.85. The number of aliphatic hydroxyl groups is 3. The molecule has 0 aliphatic rings. The molecule has 0 saturated carbocycles. The number of hydrogen-bond acceptors (Lipinski definition) is 5. The summed E-state index contributed by atoms with van der Waals surface area (Å²) >= 11 is 0. The molecule has 4 N–H and O–H groups in total. The molecule has 14 heavy (non-hydrogen) atoms. The molecule has 0 radical (unpaired) electrons. The lowest BCUT2D eigenvalue weighted by atomic mass is 10.4. The predicted molar refractivity (Wildman–Crippen MR) is 57.3 cm³/mol. The summed E-state index contributed by atoms with van der Waals surface area (Å²) < 4.78 is 0. The van der Waals surface area contributed by atoms with Gasteiger partial charge in [-0.2, -0.15) is 0 Å². The van der Waals surface area contributed by atoms with Gasteiger partial charge in [0.2, 0.25) is 0 Å². The molecule has 0 aromatic heterocycles. The summed E-state index contributed by atoms with van der Waals surface area (Å²) in [6.07, 6.45) is 0. The highest BCUT2D eigenvalue weighted by atomic mass is 16.3. The first-order valence-corrected chi connectivity index (χ1v) is 4.79. The zero-order chi connectivity index (χ0) is 11.4. The maximum atomic E-state index is 8.42. The van der Waals surface area contributed by atoms with Crippen LogP contribution in [0, 0.1) is 0 Å². The standard InChI is InChI=1S/C5H13NO2.C4H11NO/c1-5(4-8)6-2-3-7;1-5(2)3-4-6/h5-8H,2-4H2,1H3;6H,3-4H2,1-2H3. The normalized spacial score (nSPS) is 12.2. The summed E-state index contributed by atoms with van der Waals surface area (Å²) in [6.45, 7) is 3.69. The molecule has 1 unspecified atom stereocenters. The summed E-state index contributed by atoms with van der Waals surface area (Å²) in [5.74, 6) is 0. The van der Waals surface area contributed by atoms with Gasteiger partial charge < -0.3 is 25.5 Å². The van der Waals surface area contributed by atoms with Gasteiger partial charge in [-0.1, -0.05) is 0 Å². The van der Waals surface area contributed by atoms with E-state index in [1.54, 1.807) is 0 Å². The van der Waals surface area contributed by atoms with Gasteiger partial charge in [0.05, 0.1) is 19.8 Å². The van der Waals surface area contributed by atoms with Gasteiger partial charge in [-0.15, -0.1) is 0 Å². The van der Waals surface area contributed by atoms with Gasteiger partial charge in [-0.3, -0.25) is 0 Å². The fourth-order valence-electron chi connectivity index (χ4n) is 0.575. The monoisotopic (exact) mass is 208 g/mol. The number of hydrogen-bond donors (Lipinski definition) is 4. The number of likely N-dealkylation sites (N-methyl/N-ethyl adjacent to an activating group) is 1. The Labute approximate surface area is 86.4 Å². The molecule has 1 atom stereocenters. The van der Waals surface area contributed by atoms with E-state index < -0.39 is 0 Å². The Bertz CT molecular complexity index is 102. The van der Waals surface area contributed by atoms with Crippen LogP contribution >= 0.6 is 0 Å². The summed E-state index contributed by atoms with van der Waals surface area (Å²) in [5, 5.41) is 27.8. The number of rotatable bonds is 6. The molecule has 0 rings (SSSR count). The number of aliphatic hydroxyl groups excluding tert-OH is 3. The van der Waals surface area contributed by atoms with Crippen molar-refractivity contribution in [2.45, 2.75) is 13.0 Å². The van der Waals surface area contributed by atoms with Gasteiger partial charge in [-0.25, -0.2) is 0 Å². The van der Waals surface area contributed by atoms with Crippen molar-refractivity contribution in [1.29, 1.82) is 0 Å². The van der Waals surface area contributed by atoms with Crippen LogP contribution in [0.4, 0.5) is 0 Å². The van der Waals surface area contributed by atoms with Crippen LogP contribution in [0.2, 0.25) is 0 Å². The third-order valence-electron chi connectivity index (χ3n) is 1.43. The first kappa shape index (κ1) is 16.2. The Morgan fingerprint density at radius 2 is 1.71 bits per heavy atom. The molecule has 0 spiro atoms. The van der Waals surface area contributed by atoms with Crippen molar-refractivity contribution in [3.8, 4) is 0 Å². The smallest absolute Gasteiger partial charge is 0.0581 e. The molecule has 0 aliphatic heterocycles. The zero-order valence-electron chi connectivity index (χ0n) is 9.40. The molecule has 0 aromatic rings. The Balaban J connectivity index is 0. The largest absolute Gasteiger partial charge is 0.395 e. The Morgan fingerprint density at radius 3 is 1.93 bits per heavy atom. The summed E-state index contributed by atoms with van der Waals surface area (Å²) in [5.41, 5.74) is 0. The lowest BCUT2D eigenvalue weighted by Gasteiger charge is -2.07. The fraction of sp³-hybridized carbons (Fsp3) is 1.00. The van der Waals surface area contributed by atoms with Gasteiger partial charge >= 0.3 is 0 Å². The van der Waals surface area contributed by atoms with Gasteiger partial charge in [-0.05, 0) is 21.0 Å². The van der Waals surface area contributed by atoms with Crippen LogP contribution in [0.25, 0.3) is 0 Å². The molecule has 0 aromatic carbocycles. The second-order valence-electron chi connectivity index (χ2n) is 3.29. The third-order valence-corrected chi connectivity index (χ3v) is 1.43. The SMILES string of the molecule is CC(CO)NCCO.CN(C)CCO. The van der Waals surface area contributed by atoms with Crippen LogP contribution < -0.4 is 5.32 Å². The van der Waals surface area contributed by atoms with E-state index in [4.69, 9.17) is 15.3 Å². The van der Waals surface area contributed by atoms with Crippen LogP contribution in [0.3, 0.4) is 0 Å². The van der Waals surface area contributed by atoms with Crippen molar-refractivity contribution >= 4 is 0 Å². The Hall–Kier alpha value is -0.200.